The molecule has 5 nitrogen and oxygen atoms in total. The maximum atomic E-state index is 13.3. The third kappa shape index (κ3) is 5.54. The number of nitrogens with one attached hydrogen (secondary N) is 1. The second-order valence-electron chi connectivity index (χ2n) is 8.36. The van der Waals surface area contributed by atoms with Gasteiger partial charge >= 0.3 is 6.03 Å². The lowest BCUT2D eigenvalue weighted by Gasteiger charge is -2.36. The monoisotopic (exact) mass is 495 g/mol. The van der Waals surface area contributed by atoms with E-state index in [1.54, 1.807) is 17.0 Å². The highest BCUT2D eigenvalue weighted by Gasteiger charge is 2.28. The first-order chi connectivity index (χ1) is 16.5. The second kappa shape index (κ2) is 10.9. The lowest BCUT2D eigenvalue weighted by Crippen LogP contribution is -2.49. The van der Waals surface area contributed by atoms with Gasteiger partial charge in [0.1, 0.15) is 0 Å². The Bertz CT molecular complexity index is 1170. The quantitative estimate of drug-likeness (QED) is 0.385. The van der Waals surface area contributed by atoms with Crippen molar-refractivity contribution in [3.05, 3.63) is 94.0 Å². The molecule has 0 bridgehead atoms. The van der Waals surface area contributed by atoms with Crippen LogP contribution in [0.5, 0.6) is 0 Å². The van der Waals surface area contributed by atoms with E-state index in [0.717, 1.165) is 17.5 Å². The first-order valence-electron chi connectivity index (χ1n) is 11.4. The maximum absolute atomic E-state index is 13.3. The number of amides is 3. The van der Waals surface area contributed by atoms with Crippen LogP contribution in [0.4, 0.5) is 16.2 Å². The Hall–Kier alpha value is -3.02. The third-order valence-electron chi connectivity index (χ3n) is 6.02. The van der Waals surface area contributed by atoms with Crippen molar-refractivity contribution in [1.29, 1.82) is 0 Å². The number of benzene rings is 3. The van der Waals surface area contributed by atoms with Crippen LogP contribution in [-0.4, -0.2) is 29.9 Å². The summed E-state index contributed by atoms with van der Waals surface area (Å²) in [6, 6.07) is 22.5. The molecule has 3 amide bonds. The summed E-state index contributed by atoms with van der Waals surface area (Å²) in [5.41, 5.74) is 3.14. The Labute approximate surface area is 210 Å². The van der Waals surface area contributed by atoms with E-state index in [-0.39, 0.29) is 17.9 Å². The zero-order chi connectivity index (χ0) is 24.1. The summed E-state index contributed by atoms with van der Waals surface area (Å²) in [4.78, 5) is 29.9. The number of halogens is 2. The smallest absolute Gasteiger partial charge is 0.324 e. The lowest BCUT2D eigenvalue weighted by atomic mass is 9.95. The van der Waals surface area contributed by atoms with Crippen molar-refractivity contribution in [2.45, 2.75) is 32.2 Å². The first-order valence-corrected chi connectivity index (χ1v) is 12.2. The molecule has 7 heteroatoms. The second-order valence-corrected chi connectivity index (χ2v) is 9.21. The molecule has 1 heterocycles. The summed E-state index contributed by atoms with van der Waals surface area (Å²) in [5.74, 6) is -0.411. The topological polar surface area (TPSA) is 52.7 Å². The molecule has 0 saturated carbocycles. The van der Waals surface area contributed by atoms with E-state index in [9.17, 15) is 9.59 Å². The minimum absolute atomic E-state index is 0.0819. The number of carbonyl (C=O) groups excluding carboxylic acids is 2. The molecule has 0 aliphatic carbocycles. The minimum atomic E-state index is -0.286. The molecular formula is C27H27Cl2N3O2. The van der Waals surface area contributed by atoms with Gasteiger partial charge in [-0.2, -0.15) is 0 Å². The highest BCUT2D eigenvalue weighted by Crippen LogP contribution is 2.31. The molecule has 176 valence electrons. The van der Waals surface area contributed by atoms with Gasteiger partial charge in [-0.15, -0.1) is 0 Å². The Morgan fingerprint density at radius 3 is 2.53 bits per heavy atom. The van der Waals surface area contributed by atoms with Crippen LogP contribution in [0.1, 0.15) is 36.8 Å². The van der Waals surface area contributed by atoms with Crippen LogP contribution in [0.3, 0.4) is 0 Å². The van der Waals surface area contributed by atoms with Gasteiger partial charge in [0.25, 0.3) is 0 Å². The largest absolute Gasteiger partial charge is 0.324 e. The van der Waals surface area contributed by atoms with Crippen molar-refractivity contribution >= 4 is 46.5 Å². The third-order valence-corrected chi connectivity index (χ3v) is 6.58. The van der Waals surface area contributed by atoms with Crippen molar-refractivity contribution in [3.63, 3.8) is 0 Å². The van der Waals surface area contributed by atoms with Gasteiger partial charge in [-0.3, -0.25) is 9.69 Å². The van der Waals surface area contributed by atoms with Crippen LogP contribution >= 0.6 is 23.2 Å². The van der Waals surface area contributed by atoms with E-state index in [4.69, 9.17) is 23.2 Å². The average molecular weight is 496 g/mol. The molecule has 1 fully saturated rings. The Morgan fingerprint density at radius 2 is 1.79 bits per heavy atom. The van der Waals surface area contributed by atoms with Gasteiger partial charge in [0.05, 0.1) is 16.6 Å². The van der Waals surface area contributed by atoms with E-state index < -0.39 is 0 Å². The Kier molecular flexibility index (Phi) is 7.76. The number of hydrogen-bond acceptors (Lipinski definition) is 2. The fourth-order valence-corrected chi connectivity index (χ4v) is 4.66. The molecule has 3 aromatic carbocycles. The van der Waals surface area contributed by atoms with Crippen LogP contribution in [-0.2, 0) is 11.3 Å². The van der Waals surface area contributed by atoms with Crippen LogP contribution in [0.15, 0.2) is 72.8 Å². The molecule has 1 aliphatic rings. The predicted molar refractivity (Wildman–Crippen MR) is 139 cm³/mol. The zero-order valence-electron chi connectivity index (χ0n) is 19.0. The summed E-state index contributed by atoms with van der Waals surface area (Å²) >= 11 is 12.5. The molecule has 0 radical (unpaired) electrons. The summed E-state index contributed by atoms with van der Waals surface area (Å²) in [7, 11) is 0. The molecule has 0 spiro atoms. The van der Waals surface area contributed by atoms with Gasteiger partial charge in [-0.25, -0.2) is 4.79 Å². The number of hydrogen-bond donors (Lipinski definition) is 1. The van der Waals surface area contributed by atoms with Gasteiger partial charge in [-0.05, 0) is 54.3 Å². The SMILES string of the molecule is CCC(C(=O)Nc1cc(N2CCCN(Cc3cccc(Cl)c3)C2=O)ccc1Cl)c1ccccc1. The zero-order valence-corrected chi connectivity index (χ0v) is 20.5. The summed E-state index contributed by atoms with van der Waals surface area (Å²) in [6.07, 6.45) is 1.50. The number of urea groups is 1. The van der Waals surface area contributed by atoms with Gasteiger partial charge in [0, 0.05) is 30.3 Å². The number of nitrogens with zero attached hydrogens (tertiary/aromatic N) is 2. The van der Waals surface area contributed by atoms with Crippen molar-refractivity contribution < 1.29 is 9.59 Å². The summed E-state index contributed by atoms with van der Waals surface area (Å²) in [6.45, 7) is 3.74. The summed E-state index contributed by atoms with van der Waals surface area (Å²) in [5, 5.41) is 4.06. The van der Waals surface area contributed by atoms with Gasteiger partial charge in [0.15, 0.2) is 0 Å². The normalized spacial score (nSPS) is 14.7. The first kappa shape index (κ1) is 24.1. The number of rotatable bonds is 7. The lowest BCUT2D eigenvalue weighted by molar-refractivity contribution is -0.117. The summed E-state index contributed by atoms with van der Waals surface area (Å²) < 4.78 is 0. The van der Waals surface area contributed by atoms with E-state index in [0.29, 0.717) is 47.5 Å². The highest BCUT2D eigenvalue weighted by atomic mass is 35.5. The maximum Gasteiger partial charge on any atom is 0.324 e. The minimum Gasteiger partial charge on any atom is -0.324 e. The molecular weight excluding hydrogens is 469 g/mol. The molecule has 1 atom stereocenters. The molecule has 1 unspecified atom stereocenters. The predicted octanol–water partition coefficient (Wildman–Crippen LogP) is 6.96. The fourth-order valence-electron chi connectivity index (χ4n) is 4.28. The van der Waals surface area contributed by atoms with E-state index in [1.807, 2.05) is 72.5 Å². The van der Waals surface area contributed by atoms with Crippen LogP contribution in [0.25, 0.3) is 0 Å². The van der Waals surface area contributed by atoms with Gasteiger partial charge in [-0.1, -0.05) is 72.6 Å². The molecule has 3 aromatic rings. The van der Waals surface area contributed by atoms with Crippen LogP contribution in [0.2, 0.25) is 10.0 Å². The molecule has 0 aromatic heterocycles. The van der Waals surface area contributed by atoms with Crippen molar-refractivity contribution in [2.24, 2.45) is 0 Å². The Balaban J connectivity index is 1.51. The van der Waals surface area contributed by atoms with E-state index in [1.165, 1.54) is 0 Å². The van der Waals surface area contributed by atoms with E-state index in [2.05, 4.69) is 5.32 Å². The van der Waals surface area contributed by atoms with Crippen LogP contribution < -0.4 is 10.2 Å². The van der Waals surface area contributed by atoms with Gasteiger partial charge < -0.3 is 10.2 Å². The van der Waals surface area contributed by atoms with Crippen molar-refractivity contribution in [3.8, 4) is 0 Å². The molecule has 1 N–H and O–H groups in total. The van der Waals surface area contributed by atoms with Crippen molar-refractivity contribution in [1.82, 2.24) is 4.90 Å². The van der Waals surface area contributed by atoms with Gasteiger partial charge in [0.2, 0.25) is 5.91 Å². The Morgan fingerprint density at radius 1 is 1.00 bits per heavy atom. The van der Waals surface area contributed by atoms with E-state index >= 15 is 0 Å². The average Bonchev–Trinajstić information content (AvgIpc) is 2.83. The van der Waals surface area contributed by atoms with Crippen LogP contribution in [0, 0.1) is 0 Å². The van der Waals surface area contributed by atoms with Crippen molar-refractivity contribution in [2.75, 3.05) is 23.3 Å². The molecule has 1 aliphatic heterocycles. The fraction of sp³-hybridized carbons (Fsp3) is 0.259. The molecule has 4 rings (SSSR count). The number of carbonyl (C=O) groups is 2. The standard InChI is InChI=1S/C27H27Cl2N3O2/c1-2-23(20-9-4-3-5-10-20)26(33)30-25-17-22(12-13-24(25)29)32-15-7-14-31(27(32)34)18-19-8-6-11-21(28)16-19/h3-6,8-13,16-17,23H,2,7,14-15,18H2,1H3,(H,30,33). The molecule has 1 saturated heterocycles. The molecule has 34 heavy (non-hydrogen) atoms. The highest BCUT2D eigenvalue weighted by molar-refractivity contribution is 6.34. The number of anilines is 2.